The third kappa shape index (κ3) is 11.7. The van der Waals surface area contributed by atoms with Crippen molar-refractivity contribution in [3.05, 3.63) is 46.2 Å². The van der Waals surface area contributed by atoms with Gasteiger partial charge in [0.25, 0.3) is 5.91 Å². The average molecular weight is 860 g/mol. The normalized spacial score (nSPS) is 19.4. The highest BCUT2D eigenvalue weighted by Crippen LogP contribution is 2.30. The number of hydrogen-bond donors (Lipinski definition) is 3. The Morgan fingerprint density at radius 2 is 1.69 bits per heavy atom. The molecule has 4 rings (SSSR count). The van der Waals surface area contributed by atoms with Gasteiger partial charge in [-0.05, 0) is 65.2 Å². The van der Waals surface area contributed by atoms with E-state index in [4.69, 9.17) is 4.74 Å². The van der Waals surface area contributed by atoms with Gasteiger partial charge in [-0.3, -0.25) is 33.8 Å². The fourth-order valence-corrected chi connectivity index (χ4v) is 7.33. The fourth-order valence-electron chi connectivity index (χ4n) is 7.01. The number of hydrogen-bond acceptors (Lipinski definition) is 10. The number of ketones is 2. The quantitative estimate of drug-likeness (QED) is 0.163. The molecule has 2 fully saturated rings. The number of rotatable bonds is 16. The Balaban J connectivity index is 1.62. The minimum absolute atomic E-state index is 0.00116. The van der Waals surface area contributed by atoms with Gasteiger partial charge in [0, 0.05) is 41.1 Å². The lowest BCUT2D eigenvalue weighted by Crippen LogP contribution is -2.62. The first kappa shape index (κ1) is 42.7. The molecular weight excluding hydrogens is 805 g/mol. The molecule has 2 aromatic rings. The summed E-state index contributed by atoms with van der Waals surface area (Å²) in [5, 5.41) is 8.62. The van der Waals surface area contributed by atoms with Crippen LogP contribution in [0.5, 0.6) is 5.88 Å². The molecule has 1 saturated carbocycles. The molecule has 0 aromatic carbocycles. The lowest BCUT2D eigenvalue weighted by molar-refractivity contribution is -0.145. The molecule has 4 amide bonds. The Hall–Kier alpha value is -4.02. The van der Waals surface area contributed by atoms with Gasteiger partial charge in [0.2, 0.25) is 35.2 Å². The molecule has 1 aliphatic heterocycles. The van der Waals surface area contributed by atoms with Crippen molar-refractivity contribution in [2.45, 2.75) is 130 Å². The van der Waals surface area contributed by atoms with Gasteiger partial charge in [-0.15, -0.1) is 0 Å². The van der Waals surface area contributed by atoms with Gasteiger partial charge in [-0.25, -0.2) is 9.97 Å². The number of nitrogens with zero attached hydrogens (tertiary/aromatic N) is 4. The van der Waals surface area contributed by atoms with E-state index in [2.05, 4.69) is 53.5 Å². The maximum Gasteiger partial charge on any atom is 0.272 e. The summed E-state index contributed by atoms with van der Waals surface area (Å²) in [7, 11) is 0. The lowest BCUT2D eigenvalue weighted by atomic mass is 9.82. The highest BCUT2D eigenvalue weighted by molar-refractivity contribution is 14.1. The van der Waals surface area contributed by atoms with Crippen molar-refractivity contribution in [1.29, 1.82) is 0 Å². The highest BCUT2D eigenvalue weighted by atomic mass is 127. The zero-order chi connectivity index (χ0) is 39.6. The van der Waals surface area contributed by atoms with Crippen LogP contribution in [-0.2, 0) is 24.0 Å². The van der Waals surface area contributed by atoms with Crippen LogP contribution in [0, 0.1) is 20.8 Å². The highest BCUT2D eigenvalue weighted by Gasteiger charge is 2.47. The first-order valence-corrected chi connectivity index (χ1v) is 20.0. The van der Waals surface area contributed by atoms with Gasteiger partial charge >= 0.3 is 0 Å². The second kappa shape index (κ2) is 19.5. The fraction of sp³-hybridized carbons (Fsp3) is 0.615. The molecule has 3 N–H and O–H groups in total. The van der Waals surface area contributed by atoms with E-state index in [0.717, 1.165) is 35.7 Å². The number of aromatic nitrogens is 3. The van der Waals surface area contributed by atoms with Crippen molar-refractivity contribution in [2.75, 3.05) is 6.54 Å². The first-order valence-electron chi connectivity index (χ1n) is 18.9. The summed E-state index contributed by atoms with van der Waals surface area (Å²) in [6.07, 6.45) is 10.4. The lowest BCUT2D eigenvalue weighted by Gasteiger charge is -2.37. The Morgan fingerprint density at radius 3 is 2.28 bits per heavy atom. The van der Waals surface area contributed by atoms with Crippen molar-refractivity contribution in [3.63, 3.8) is 0 Å². The zero-order valence-electron chi connectivity index (χ0n) is 32.1. The molecule has 3 heterocycles. The van der Waals surface area contributed by atoms with E-state index >= 15 is 0 Å². The van der Waals surface area contributed by atoms with Gasteiger partial charge in [-0.1, -0.05) is 67.2 Å². The predicted octanol–water partition coefficient (Wildman–Crippen LogP) is 4.20. The van der Waals surface area contributed by atoms with Crippen LogP contribution >= 0.6 is 22.6 Å². The third-order valence-electron chi connectivity index (χ3n) is 9.80. The Labute approximate surface area is 331 Å². The molecule has 2 aromatic heterocycles. The van der Waals surface area contributed by atoms with Crippen LogP contribution in [-0.4, -0.2) is 91.9 Å². The molecule has 2 aliphatic rings. The molecule has 1 aliphatic carbocycles. The number of amides is 4. The molecule has 54 heavy (non-hydrogen) atoms. The molecule has 1 saturated heterocycles. The van der Waals surface area contributed by atoms with Crippen LogP contribution in [0.25, 0.3) is 0 Å². The third-order valence-corrected chi connectivity index (χ3v) is 10.4. The maximum absolute atomic E-state index is 14.7. The molecule has 294 valence electrons. The SMILES string of the molecule is CCC[C@H](NC(=O)[C@@H]1C[C@@H](Oc2ccc(I)cn2)CN1C(=O)[C@@H](NC(=O)[C@@H](NC(=O)c1cnccn1)C1CCCCC1)C(C)(C)C)C(=O)C(=O)CC(C)C. The minimum Gasteiger partial charge on any atom is -0.472 e. The van der Waals surface area contributed by atoms with E-state index < -0.39 is 70.9 Å². The van der Waals surface area contributed by atoms with Crippen LogP contribution in [0.1, 0.15) is 110 Å². The van der Waals surface area contributed by atoms with Gasteiger partial charge in [-0.2, -0.15) is 0 Å². The van der Waals surface area contributed by atoms with Crippen LogP contribution in [0.4, 0.5) is 0 Å². The number of carbonyl (C=O) groups excluding carboxylic acids is 6. The van der Waals surface area contributed by atoms with Crippen LogP contribution in [0.15, 0.2) is 36.9 Å². The summed E-state index contributed by atoms with van der Waals surface area (Å²) in [6.45, 7) is 11.0. The summed E-state index contributed by atoms with van der Waals surface area (Å²) in [6, 6.07) is -0.645. The maximum atomic E-state index is 14.7. The number of ether oxygens (including phenoxy) is 1. The second-order valence-electron chi connectivity index (χ2n) is 15.8. The van der Waals surface area contributed by atoms with Crippen LogP contribution in [0.3, 0.4) is 0 Å². The van der Waals surface area contributed by atoms with Gasteiger partial charge in [0.05, 0.1) is 18.8 Å². The smallest absolute Gasteiger partial charge is 0.272 e. The van der Waals surface area contributed by atoms with E-state index in [9.17, 15) is 28.8 Å². The predicted molar refractivity (Wildman–Crippen MR) is 209 cm³/mol. The van der Waals surface area contributed by atoms with Gasteiger partial charge in [0.15, 0.2) is 0 Å². The molecule has 0 radical (unpaired) electrons. The zero-order valence-corrected chi connectivity index (χ0v) is 34.3. The summed E-state index contributed by atoms with van der Waals surface area (Å²) in [5.41, 5.74) is -0.764. The molecule has 15 heteroatoms. The number of Topliss-reactive ketones (excluding diaryl/α,β-unsaturated/α-hetero) is 2. The van der Waals surface area contributed by atoms with Gasteiger partial charge in [0.1, 0.15) is 29.9 Å². The topological polar surface area (TPSA) is 190 Å². The molecule has 0 spiro atoms. The number of likely N-dealkylation sites (tertiary alicyclic amines) is 1. The van der Waals surface area contributed by atoms with E-state index in [1.807, 2.05) is 47.6 Å². The number of nitrogens with one attached hydrogen (secondary N) is 3. The first-order chi connectivity index (χ1) is 25.6. The largest absolute Gasteiger partial charge is 0.472 e. The summed E-state index contributed by atoms with van der Waals surface area (Å²) < 4.78 is 7.07. The molecule has 14 nitrogen and oxygen atoms in total. The van der Waals surface area contributed by atoms with Crippen LogP contribution in [0.2, 0.25) is 0 Å². The monoisotopic (exact) mass is 859 g/mol. The van der Waals surface area contributed by atoms with E-state index in [1.54, 1.807) is 12.3 Å². The van der Waals surface area contributed by atoms with Crippen molar-refractivity contribution in [2.24, 2.45) is 17.3 Å². The number of pyridine rings is 1. The Morgan fingerprint density at radius 1 is 0.963 bits per heavy atom. The van der Waals surface area contributed by atoms with E-state index in [-0.39, 0.29) is 43.3 Å². The van der Waals surface area contributed by atoms with Crippen molar-refractivity contribution < 1.29 is 33.5 Å². The molecular formula is C39H54IN7O7. The van der Waals surface area contributed by atoms with Crippen molar-refractivity contribution in [1.82, 2.24) is 35.8 Å². The summed E-state index contributed by atoms with van der Waals surface area (Å²) in [5.74, 6) is -3.26. The Kier molecular flexibility index (Phi) is 15.5. The molecule has 0 unspecified atom stereocenters. The molecule has 0 bridgehead atoms. The molecule has 5 atom stereocenters. The Bertz CT molecular complexity index is 1630. The van der Waals surface area contributed by atoms with E-state index in [1.165, 1.54) is 23.5 Å². The minimum atomic E-state index is -1.12. The van der Waals surface area contributed by atoms with E-state index in [0.29, 0.717) is 12.3 Å². The second-order valence-corrected chi connectivity index (χ2v) is 17.0. The number of halogens is 1. The average Bonchev–Trinajstić information content (AvgIpc) is 3.56. The summed E-state index contributed by atoms with van der Waals surface area (Å²) >= 11 is 2.13. The van der Waals surface area contributed by atoms with Crippen molar-refractivity contribution >= 4 is 57.8 Å². The summed E-state index contributed by atoms with van der Waals surface area (Å²) in [4.78, 5) is 96.1. The van der Waals surface area contributed by atoms with Crippen molar-refractivity contribution in [3.8, 4) is 5.88 Å². The van der Waals surface area contributed by atoms with Crippen LogP contribution < -0.4 is 20.7 Å². The number of carbonyl (C=O) groups is 6. The van der Waals surface area contributed by atoms with Gasteiger partial charge < -0.3 is 25.6 Å². The standard InChI is InChI=1S/C39H54IN7O7/c1-7-11-27(33(49)30(48)18-23(2)3)44-36(51)29-19-26(54-31-15-14-25(40)20-43-31)22-47(29)38(53)34(39(4,5)6)46-37(52)32(24-12-9-8-10-13-24)45-35(50)28-21-41-16-17-42-28/h14-17,20-21,23-24,26-27,29,32,34H,7-13,18-19,22H2,1-6H3,(H,44,51)(H,45,50)(H,46,52)/t26-,27+,29+,32+,34-/m1/s1.